The van der Waals surface area contributed by atoms with Crippen molar-refractivity contribution in [2.75, 3.05) is 13.1 Å². The highest BCUT2D eigenvalue weighted by molar-refractivity contribution is 5.72. The van der Waals surface area contributed by atoms with Crippen molar-refractivity contribution in [3.05, 3.63) is 65.2 Å². The second-order valence-corrected chi connectivity index (χ2v) is 7.83. The second kappa shape index (κ2) is 9.18. The molecule has 0 radical (unpaired) electrons. The lowest BCUT2D eigenvalue weighted by Gasteiger charge is -2.35. The molecule has 1 unspecified atom stereocenters. The zero-order valence-corrected chi connectivity index (χ0v) is 16.8. The van der Waals surface area contributed by atoms with Gasteiger partial charge in [-0.05, 0) is 81.9 Å². The Balaban J connectivity index is 0.000000481. The highest BCUT2D eigenvalue weighted by atomic mass is 16.5. The molecule has 0 spiro atoms. The second-order valence-electron chi connectivity index (χ2n) is 7.83. The van der Waals surface area contributed by atoms with Gasteiger partial charge in [0.1, 0.15) is 17.6 Å². The minimum atomic E-state index is 0.158. The number of Topliss-reactive ketones (excluding diaryl/α,β-unsaturated/α-hetero) is 1. The van der Waals surface area contributed by atoms with Crippen LogP contribution in [0.2, 0.25) is 0 Å². The normalized spacial score (nSPS) is 21.7. The van der Waals surface area contributed by atoms with E-state index in [1.54, 1.807) is 0 Å². The maximum Gasteiger partial charge on any atom is 0.140 e. The lowest BCUT2D eigenvalue weighted by molar-refractivity contribution is -0.114. The minimum Gasteiger partial charge on any atom is -0.484 e. The van der Waals surface area contributed by atoms with Crippen LogP contribution in [0.15, 0.2) is 48.5 Å². The molecule has 0 bridgehead atoms. The van der Waals surface area contributed by atoms with Crippen LogP contribution in [-0.4, -0.2) is 29.8 Å². The number of hydrogen-bond acceptors (Lipinski definition) is 3. The summed E-state index contributed by atoms with van der Waals surface area (Å²) in [5.74, 6) is 1.16. The van der Waals surface area contributed by atoms with Crippen LogP contribution in [0.3, 0.4) is 0 Å². The van der Waals surface area contributed by atoms with Gasteiger partial charge in [-0.2, -0.15) is 0 Å². The van der Waals surface area contributed by atoms with Gasteiger partial charge in [-0.3, -0.25) is 4.90 Å². The zero-order valence-electron chi connectivity index (χ0n) is 16.8. The van der Waals surface area contributed by atoms with E-state index in [9.17, 15) is 4.79 Å². The highest BCUT2D eigenvalue weighted by Crippen LogP contribution is 2.38. The summed E-state index contributed by atoms with van der Waals surface area (Å²) in [6.07, 6.45) is 5.30. The van der Waals surface area contributed by atoms with Gasteiger partial charge in [-0.25, -0.2) is 0 Å². The standard InChI is InChI=1S/C21H25NO.C3H6O/c1-16-8-7-10-18(14-16)23-21-19-11-4-3-9-17(19)15-20(21)22-12-5-2-6-13-22;1-3(2)4/h3-4,7-11,14,20-21H,2,5-6,12-13,15H2,1H3;1-2H3/t20?,21-;/m0./s1. The number of aryl methyl sites for hydroxylation is 1. The average Bonchev–Trinajstić information content (AvgIpc) is 3.01. The molecule has 2 aromatic carbocycles. The van der Waals surface area contributed by atoms with Crippen molar-refractivity contribution >= 4 is 5.78 Å². The maximum atomic E-state index is 9.44. The summed E-state index contributed by atoms with van der Waals surface area (Å²) in [4.78, 5) is 12.1. The van der Waals surface area contributed by atoms with Crippen molar-refractivity contribution in [2.24, 2.45) is 0 Å². The molecule has 0 saturated carbocycles. The smallest absolute Gasteiger partial charge is 0.140 e. The molecule has 1 saturated heterocycles. The number of carbonyl (C=O) groups excluding carboxylic acids is 1. The molecule has 2 aromatic rings. The number of carbonyl (C=O) groups is 1. The Morgan fingerprint density at radius 2 is 1.70 bits per heavy atom. The van der Waals surface area contributed by atoms with Crippen LogP contribution < -0.4 is 4.74 Å². The fraction of sp³-hybridized carbons (Fsp3) is 0.458. The molecular formula is C24H31NO2. The van der Waals surface area contributed by atoms with E-state index < -0.39 is 0 Å². The number of piperidine rings is 1. The van der Waals surface area contributed by atoms with Gasteiger partial charge in [0.25, 0.3) is 0 Å². The first-order valence-electron chi connectivity index (χ1n) is 10.1. The molecule has 3 nitrogen and oxygen atoms in total. The van der Waals surface area contributed by atoms with Gasteiger partial charge in [0.15, 0.2) is 0 Å². The van der Waals surface area contributed by atoms with E-state index in [0.717, 1.165) is 12.2 Å². The molecule has 2 atom stereocenters. The zero-order chi connectivity index (χ0) is 19.2. The van der Waals surface area contributed by atoms with Gasteiger partial charge in [-0.1, -0.05) is 42.8 Å². The molecular weight excluding hydrogens is 334 g/mol. The largest absolute Gasteiger partial charge is 0.484 e. The quantitative estimate of drug-likeness (QED) is 0.756. The molecule has 4 rings (SSSR count). The first-order valence-corrected chi connectivity index (χ1v) is 10.1. The highest BCUT2D eigenvalue weighted by Gasteiger charge is 2.38. The van der Waals surface area contributed by atoms with E-state index in [4.69, 9.17) is 4.74 Å². The van der Waals surface area contributed by atoms with Crippen LogP contribution in [0.5, 0.6) is 5.75 Å². The lowest BCUT2D eigenvalue weighted by atomic mass is 10.0. The van der Waals surface area contributed by atoms with Crippen LogP contribution in [0.4, 0.5) is 0 Å². The third-order valence-electron chi connectivity index (χ3n) is 5.25. The van der Waals surface area contributed by atoms with Crippen LogP contribution in [0.1, 0.15) is 55.9 Å². The molecule has 144 valence electrons. The maximum absolute atomic E-state index is 9.44. The SMILES string of the molecule is CC(C)=O.Cc1cccc(O[C@H]2c3ccccc3CC2N2CCCCC2)c1. The first kappa shape index (κ1) is 19.6. The number of ether oxygens (including phenoxy) is 1. The van der Waals surface area contributed by atoms with E-state index in [-0.39, 0.29) is 11.9 Å². The molecule has 0 amide bonds. The summed E-state index contributed by atoms with van der Waals surface area (Å²) in [6.45, 7) is 7.61. The number of rotatable bonds is 3. The average molecular weight is 366 g/mol. The van der Waals surface area contributed by atoms with Gasteiger partial charge < -0.3 is 9.53 Å². The fourth-order valence-corrected chi connectivity index (χ4v) is 4.09. The Morgan fingerprint density at radius 3 is 2.41 bits per heavy atom. The van der Waals surface area contributed by atoms with Crippen molar-refractivity contribution in [2.45, 2.75) is 58.6 Å². The van der Waals surface area contributed by atoms with E-state index >= 15 is 0 Å². The Hall–Kier alpha value is -2.13. The van der Waals surface area contributed by atoms with E-state index in [1.807, 2.05) is 0 Å². The summed E-state index contributed by atoms with van der Waals surface area (Å²) in [6, 6.07) is 17.7. The van der Waals surface area contributed by atoms with Crippen molar-refractivity contribution in [1.29, 1.82) is 0 Å². The number of likely N-dealkylation sites (tertiary alicyclic amines) is 1. The first-order chi connectivity index (χ1) is 13.0. The number of benzene rings is 2. The predicted molar refractivity (Wildman–Crippen MR) is 110 cm³/mol. The van der Waals surface area contributed by atoms with Crippen molar-refractivity contribution in [3.63, 3.8) is 0 Å². The predicted octanol–water partition coefficient (Wildman–Crippen LogP) is 5.12. The van der Waals surface area contributed by atoms with E-state index in [1.165, 1.54) is 62.9 Å². The van der Waals surface area contributed by atoms with Crippen molar-refractivity contribution < 1.29 is 9.53 Å². The summed E-state index contributed by atoms with van der Waals surface area (Å²) in [7, 11) is 0. The van der Waals surface area contributed by atoms with E-state index in [2.05, 4.69) is 60.4 Å². The summed E-state index contributed by atoms with van der Waals surface area (Å²) < 4.78 is 6.51. The third-order valence-corrected chi connectivity index (χ3v) is 5.25. The Kier molecular flexibility index (Phi) is 6.68. The van der Waals surface area contributed by atoms with Gasteiger partial charge in [-0.15, -0.1) is 0 Å². The Morgan fingerprint density at radius 1 is 1.00 bits per heavy atom. The Labute approximate surface area is 163 Å². The lowest BCUT2D eigenvalue weighted by Crippen LogP contribution is -2.43. The van der Waals surface area contributed by atoms with E-state index in [0.29, 0.717) is 6.04 Å². The number of ketones is 1. The molecule has 1 aliphatic carbocycles. The monoisotopic (exact) mass is 365 g/mol. The van der Waals surface area contributed by atoms with Gasteiger partial charge in [0.05, 0.1) is 6.04 Å². The van der Waals surface area contributed by atoms with Crippen LogP contribution in [-0.2, 0) is 11.2 Å². The Bertz CT molecular complexity index is 760. The topological polar surface area (TPSA) is 29.5 Å². The van der Waals surface area contributed by atoms with Crippen LogP contribution in [0, 0.1) is 6.92 Å². The fourth-order valence-electron chi connectivity index (χ4n) is 4.09. The molecule has 1 heterocycles. The summed E-state index contributed by atoms with van der Waals surface area (Å²) in [5, 5.41) is 0. The van der Waals surface area contributed by atoms with Crippen LogP contribution in [0.25, 0.3) is 0 Å². The minimum absolute atomic E-state index is 0.158. The van der Waals surface area contributed by atoms with Crippen molar-refractivity contribution in [1.82, 2.24) is 4.90 Å². The molecule has 27 heavy (non-hydrogen) atoms. The molecule has 1 aliphatic heterocycles. The molecule has 1 fully saturated rings. The molecule has 0 N–H and O–H groups in total. The van der Waals surface area contributed by atoms with Gasteiger partial charge in [0.2, 0.25) is 0 Å². The molecule has 2 aliphatic rings. The number of nitrogens with zero attached hydrogens (tertiary/aromatic N) is 1. The number of fused-ring (bicyclic) bond motifs is 1. The van der Waals surface area contributed by atoms with Crippen molar-refractivity contribution in [3.8, 4) is 5.75 Å². The van der Waals surface area contributed by atoms with Gasteiger partial charge >= 0.3 is 0 Å². The third kappa shape index (κ3) is 5.20. The summed E-state index contributed by atoms with van der Waals surface area (Å²) in [5.41, 5.74) is 4.09. The summed E-state index contributed by atoms with van der Waals surface area (Å²) >= 11 is 0. The molecule has 0 aromatic heterocycles. The van der Waals surface area contributed by atoms with Crippen LogP contribution >= 0.6 is 0 Å². The number of hydrogen-bond donors (Lipinski definition) is 0. The van der Waals surface area contributed by atoms with Gasteiger partial charge in [0, 0.05) is 0 Å². The molecule has 3 heteroatoms.